The second-order valence-electron chi connectivity index (χ2n) is 10.0. The first-order valence-electron chi connectivity index (χ1n) is 12.5. The Morgan fingerprint density at radius 3 is 2.45 bits per heavy atom. The van der Waals surface area contributed by atoms with E-state index in [0.717, 1.165) is 0 Å². The third-order valence-electron chi connectivity index (χ3n) is 7.54. The van der Waals surface area contributed by atoms with Gasteiger partial charge in [-0.2, -0.15) is 0 Å². The highest BCUT2D eigenvalue weighted by Crippen LogP contribution is 2.43. The van der Waals surface area contributed by atoms with Crippen LogP contribution in [-0.2, 0) is 6.42 Å². The summed E-state index contributed by atoms with van der Waals surface area (Å²) in [5.74, 6) is -6.01. The van der Waals surface area contributed by atoms with Gasteiger partial charge in [0.05, 0.1) is 18.1 Å². The number of anilines is 1. The number of alkyl halides is 3. The van der Waals surface area contributed by atoms with Crippen molar-refractivity contribution in [2.75, 3.05) is 57.4 Å². The third kappa shape index (κ3) is 4.92. The van der Waals surface area contributed by atoms with Crippen molar-refractivity contribution in [3.63, 3.8) is 0 Å². The van der Waals surface area contributed by atoms with Gasteiger partial charge in [0.1, 0.15) is 24.9 Å². The number of oxazole rings is 1. The van der Waals surface area contributed by atoms with E-state index in [1.165, 1.54) is 23.1 Å². The Labute approximate surface area is 215 Å². The maximum Gasteiger partial charge on any atom is 0.417 e. The number of aliphatic hydroxyl groups excluding tert-OH is 1. The fraction of sp³-hybridized carbons (Fsp3) is 0.500. The van der Waals surface area contributed by atoms with E-state index in [4.69, 9.17) is 4.42 Å². The van der Waals surface area contributed by atoms with Gasteiger partial charge in [0.25, 0.3) is 5.92 Å². The lowest BCUT2D eigenvalue weighted by Gasteiger charge is -2.43. The van der Waals surface area contributed by atoms with Crippen LogP contribution in [0.1, 0.15) is 29.7 Å². The minimum Gasteiger partial charge on any atom is -0.408 e. The van der Waals surface area contributed by atoms with Crippen LogP contribution in [0, 0.1) is 11.6 Å². The topological polar surface area (TPSA) is 76.0 Å². The lowest BCUT2D eigenvalue weighted by Crippen LogP contribution is -2.49. The van der Waals surface area contributed by atoms with Gasteiger partial charge < -0.3 is 14.4 Å². The second kappa shape index (κ2) is 10.3. The number of nitrogens with one attached hydrogen (secondary N) is 1. The lowest BCUT2D eigenvalue weighted by molar-refractivity contribution is -0.0866. The number of aromatic nitrogens is 1. The summed E-state index contributed by atoms with van der Waals surface area (Å²) in [5.41, 5.74) is 1.39. The third-order valence-corrected chi connectivity index (χ3v) is 7.54. The molecule has 3 heterocycles. The molecule has 0 amide bonds. The molecule has 2 aliphatic heterocycles. The number of nitrogens with zero attached hydrogens (tertiary/aromatic N) is 3. The molecular formula is C26H29F5N4O3. The van der Waals surface area contributed by atoms with Crippen LogP contribution in [-0.4, -0.2) is 84.4 Å². The summed E-state index contributed by atoms with van der Waals surface area (Å²) in [6.07, 6.45) is 0.190. The Kier molecular flexibility index (Phi) is 7.23. The number of aromatic amines is 1. The maximum absolute atomic E-state index is 15.8. The molecule has 1 fully saturated rings. The molecule has 12 heteroatoms. The van der Waals surface area contributed by atoms with Crippen molar-refractivity contribution in [1.29, 1.82) is 0 Å². The van der Waals surface area contributed by atoms with Crippen LogP contribution in [0.5, 0.6) is 0 Å². The summed E-state index contributed by atoms with van der Waals surface area (Å²) in [7, 11) is 0. The van der Waals surface area contributed by atoms with Gasteiger partial charge in [0.15, 0.2) is 5.58 Å². The molecule has 1 aromatic heterocycles. The summed E-state index contributed by atoms with van der Waals surface area (Å²) in [6, 6.07) is 3.58. The van der Waals surface area contributed by atoms with Crippen LogP contribution >= 0.6 is 0 Å². The van der Waals surface area contributed by atoms with Gasteiger partial charge in [-0.3, -0.25) is 14.8 Å². The Balaban J connectivity index is 1.58. The fourth-order valence-corrected chi connectivity index (χ4v) is 5.65. The van der Waals surface area contributed by atoms with Crippen LogP contribution in [0.4, 0.5) is 27.6 Å². The van der Waals surface area contributed by atoms with E-state index in [9.17, 15) is 23.1 Å². The number of rotatable bonds is 7. The number of benzene rings is 2. The van der Waals surface area contributed by atoms with E-state index in [0.29, 0.717) is 55.1 Å². The minimum absolute atomic E-state index is 0.190. The summed E-state index contributed by atoms with van der Waals surface area (Å²) >= 11 is 0. The van der Waals surface area contributed by atoms with E-state index in [-0.39, 0.29) is 12.0 Å². The highest BCUT2D eigenvalue weighted by atomic mass is 19.3. The van der Waals surface area contributed by atoms with Crippen molar-refractivity contribution in [3.8, 4) is 0 Å². The second-order valence-corrected chi connectivity index (χ2v) is 10.0. The highest BCUT2D eigenvalue weighted by Gasteiger charge is 2.43. The first-order valence-corrected chi connectivity index (χ1v) is 12.5. The van der Waals surface area contributed by atoms with E-state index in [1.54, 1.807) is 17.9 Å². The van der Waals surface area contributed by atoms with Crippen LogP contribution in [0.2, 0.25) is 0 Å². The largest absolute Gasteiger partial charge is 0.417 e. The molecule has 0 radical (unpaired) electrons. The number of fused-ring (bicyclic) bond motifs is 3. The molecule has 5 rings (SSSR count). The Morgan fingerprint density at radius 1 is 1.13 bits per heavy atom. The average molecular weight is 541 g/mol. The summed E-state index contributed by atoms with van der Waals surface area (Å²) in [5, 5.41) is 9.24. The number of piperazine rings is 1. The molecule has 2 N–H and O–H groups in total. The van der Waals surface area contributed by atoms with E-state index in [2.05, 4.69) is 4.98 Å². The Hall–Kier alpha value is -2.96. The number of halogens is 5. The Bertz CT molecular complexity index is 1350. The zero-order valence-electron chi connectivity index (χ0n) is 20.8. The molecule has 206 valence electrons. The van der Waals surface area contributed by atoms with Crippen molar-refractivity contribution in [1.82, 2.24) is 14.8 Å². The number of H-pyrrole nitrogens is 1. The molecule has 2 atom stereocenters. The number of hydrogen-bond donors (Lipinski definition) is 2. The van der Waals surface area contributed by atoms with Gasteiger partial charge >= 0.3 is 5.76 Å². The van der Waals surface area contributed by atoms with Crippen molar-refractivity contribution in [2.45, 2.75) is 31.4 Å². The molecule has 2 aromatic carbocycles. The number of hydrogen-bond acceptors (Lipinski definition) is 6. The van der Waals surface area contributed by atoms with Crippen molar-refractivity contribution in [3.05, 3.63) is 63.1 Å². The molecule has 38 heavy (non-hydrogen) atoms. The van der Waals surface area contributed by atoms with Gasteiger partial charge in [-0.05, 0) is 37.1 Å². The fourth-order valence-electron chi connectivity index (χ4n) is 5.65. The number of aliphatic hydroxyl groups is 1. The SMILES string of the molecule is C[C@@H]1Cc2c(ccc3[nH]c(=O)oc23)[C@@H](c2c(F)cc(N3CCN(CCF)CC3)cc2F)N1CC(F)(F)CO. The standard InChI is InChI=1S/C26H29F5N4O3/c1-15-10-18-17(2-3-21-24(18)38-25(37)32-21)23(35(15)13-26(30,31)14-36)22-19(28)11-16(12-20(22)29)34-8-6-33(5-4-27)7-9-34/h2-3,11-12,15,23,36H,4-10,13-14H2,1H3,(H,32,37)/t15-,23+/m1/s1. The predicted octanol–water partition coefficient (Wildman–Crippen LogP) is 3.45. The van der Waals surface area contributed by atoms with Crippen molar-refractivity contribution in [2.24, 2.45) is 0 Å². The van der Waals surface area contributed by atoms with E-state index in [1.807, 2.05) is 4.90 Å². The van der Waals surface area contributed by atoms with Gasteiger partial charge in [0.2, 0.25) is 0 Å². The maximum atomic E-state index is 15.8. The van der Waals surface area contributed by atoms with E-state index < -0.39 is 60.8 Å². The zero-order valence-corrected chi connectivity index (χ0v) is 20.8. The summed E-state index contributed by atoms with van der Waals surface area (Å²) in [4.78, 5) is 19.4. The molecule has 1 saturated heterocycles. The smallest absolute Gasteiger partial charge is 0.408 e. The highest BCUT2D eigenvalue weighted by molar-refractivity contribution is 5.78. The van der Waals surface area contributed by atoms with Gasteiger partial charge in [-0.15, -0.1) is 0 Å². The van der Waals surface area contributed by atoms with Crippen LogP contribution in [0.3, 0.4) is 0 Å². The first kappa shape index (κ1) is 26.6. The molecule has 0 saturated carbocycles. The van der Waals surface area contributed by atoms with E-state index >= 15 is 8.78 Å². The Morgan fingerprint density at radius 2 is 1.82 bits per heavy atom. The van der Waals surface area contributed by atoms with Crippen LogP contribution < -0.4 is 10.7 Å². The molecule has 7 nitrogen and oxygen atoms in total. The van der Waals surface area contributed by atoms with Gasteiger partial charge in [-0.1, -0.05) is 6.07 Å². The van der Waals surface area contributed by atoms with Crippen molar-refractivity contribution < 1.29 is 31.5 Å². The lowest BCUT2D eigenvalue weighted by atomic mass is 9.83. The molecule has 2 aliphatic rings. The average Bonchev–Trinajstić information content (AvgIpc) is 3.26. The summed E-state index contributed by atoms with van der Waals surface area (Å²) < 4.78 is 78.5. The van der Waals surface area contributed by atoms with Crippen LogP contribution in [0.15, 0.2) is 33.5 Å². The van der Waals surface area contributed by atoms with Gasteiger partial charge in [0, 0.05) is 55.6 Å². The zero-order chi connectivity index (χ0) is 27.2. The first-order chi connectivity index (χ1) is 18.1. The molecule has 0 spiro atoms. The molecule has 0 unspecified atom stereocenters. The normalized spacial score (nSPS) is 21.3. The predicted molar refractivity (Wildman–Crippen MR) is 132 cm³/mol. The van der Waals surface area contributed by atoms with Crippen LogP contribution in [0.25, 0.3) is 11.1 Å². The molecular weight excluding hydrogens is 511 g/mol. The monoisotopic (exact) mass is 540 g/mol. The minimum atomic E-state index is -3.51. The van der Waals surface area contributed by atoms with Crippen molar-refractivity contribution >= 4 is 16.8 Å². The van der Waals surface area contributed by atoms with Gasteiger partial charge in [-0.25, -0.2) is 26.7 Å². The molecule has 0 aliphatic carbocycles. The summed E-state index contributed by atoms with van der Waals surface area (Å²) in [6.45, 7) is 1.15. The quantitative estimate of drug-likeness (QED) is 0.448. The molecule has 0 bridgehead atoms. The molecule has 3 aromatic rings.